The lowest BCUT2D eigenvalue weighted by Crippen LogP contribution is -2.64. The zero-order valence-electron chi connectivity index (χ0n) is 14.3. The molecule has 10 N–H and O–H groups in total. The number of nitrogens with two attached hydrogens (primary N) is 2. The number of guanidine groups is 1. The fourth-order valence-electron chi connectivity index (χ4n) is 1.06. The van der Waals surface area contributed by atoms with E-state index in [1.165, 1.54) is 0 Å². The molecule has 0 aromatic rings. The van der Waals surface area contributed by atoms with E-state index in [0.717, 1.165) is 21.6 Å². The van der Waals surface area contributed by atoms with E-state index in [9.17, 15) is 30.7 Å². The average molecular weight is 474 g/mol. The molecule has 0 saturated heterocycles. The summed E-state index contributed by atoms with van der Waals surface area (Å²) in [4.78, 5) is 14.0. The van der Waals surface area contributed by atoms with Crippen molar-refractivity contribution in [3.63, 3.8) is 0 Å². The van der Waals surface area contributed by atoms with Crippen molar-refractivity contribution >= 4 is 53.8 Å². The highest BCUT2D eigenvalue weighted by Gasteiger charge is 2.13. The SMILES string of the molecule is NC(N)=NCCC[C@H]([NH3+])C(=O)O.O.O=S(=O)([O-])CCSSCCS(=O)(=O)[O-]. The zero-order valence-corrected chi connectivity index (χ0v) is 17.5. The molecule has 0 spiro atoms. The first kappa shape index (κ1) is 30.9. The Labute approximate surface area is 165 Å². The summed E-state index contributed by atoms with van der Waals surface area (Å²) < 4.78 is 60.6. The highest BCUT2D eigenvalue weighted by molar-refractivity contribution is 8.76. The van der Waals surface area contributed by atoms with Gasteiger partial charge in [-0.25, -0.2) is 21.6 Å². The normalized spacial score (nSPS) is 12.1. The second kappa shape index (κ2) is 16.2. The summed E-state index contributed by atoms with van der Waals surface area (Å²) in [5, 5.41) is 8.44. The first-order valence-corrected chi connectivity index (χ1v) is 12.6. The van der Waals surface area contributed by atoms with Crippen LogP contribution in [0, 0.1) is 0 Å². The number of carboxylic acids is 1. The smallest absolute Gasteiger partial charge is 0.362 e. The molecule has 27 heavy (non-hydrogen) atoms. The van der Waals surface area contributed by atoms with Gasteiger partial charge in [0.2, 0.25) is 0 Å². The van der Waals surface area contributed by atoms with Crippen molar-refractivity contribution in [1.29, 1.82) is 0 Å². The molecule has 1 atom stereocenters. The average Bonchev–Trinajstić information content (AvgIpc) is 2.45. The minimum absolute atomic E-state index is 0. The Balaban J connectivity index is -0.000000416. The van der Waals surface area contributed by atoms with Crippen LogP contribution in [0.25, 0.3) is 0 Å². The highest BCUT2D eigenvalue weighted by Crippen LogP contribution is 2.20. The monoisotopic (exact) mass is 473 g/mol. The minimum atomic E-state index is -4.20. The predicted molar refractivity (Wildman–Crippen MR) is 102 cm³/mol. The van der Waals surface area contributed by atoms with Crippen molar-refractivity contribution in [3.8, 4) is 0 Å². The third-order valence-corrected chi connectivity index (χ3v) is 6.60. The van der Waals surface area contributed by atoms with Crippen molar-refractivity contribution < 1.29 is 47.1 Å². The van der Waals surface area contributed by atoms with Gasteiger partial charge in [0.25, 0.3) is 0 Å². The summed E-state index contributed by atoms with van der Waals surface area (Å²) in [6.07, 6.45) is 1.13. The molecule has 13 nitrogen and oxygen atoms in total. The van der Waals surface area contributed by atoms with Gasteiger partial charge in [-0.2, -0.15) is 0 Å². The van der Waals surface area contributed by atoms with E-state index in [1.807, 2.05) is 0 Å². The number of quaternary nitrogens is 1. The van der Waals surface area contributed by atoms with Crippen molar-refractivity contribution in [2.45, 2.75) is 18.9 Å². The number of carboxylic acid groups (broad SMARTS) is 1. The van der Waals surface area contributed by atoms with E-state index < -0.39 is 43.8 Å². The molecular formula is C10H25N4O9S4-. The quantitative estimate of drug-likeness (QED) is 0.0702. The standard InChI is InChI=1S/C6H14N4O2.C4H10O6S4.H2O/c7-4(5(11)12)2-1-3-10-6(8)9;5-13(6,7)3-1-11-12-2-4-14(8,9)10;/h4H,1-3,7H2,(H,11,12)(H4,8,9,10);1-4H2,(H,5,6,7)(H,8,9,10);1H2/p-1/t4-;;/m0../s1. The molecule has 0 fully saturated rings. The molecule has 0 saturated carbocycles. The molecule has 0 radical (unpaired) electrons. The second-order valence-corrected chi connectivity index (χ2v) is 10.4. The van der Waals surface area contributed by atoms with Gasteiger partial charge in [0.15, 0.2) is 12.0 Å². The Morgan fingerprint density at radius 3 is 1.78 bits per heavy atom. The van der Waals surface area contributed by atoms with Crippen molar-refractivity contribution in [2.24, 2.45) is 16.5 Å². The van der Waals surface area contributed by atoms with E-state index in [1.54, 1.807) is 0 Å². The molecule has 0 aromatic heterocycles. The fourth-order valence-corrected chi connectivity index (χ4v) is 5.40. The number of nitrogens with zero attached hydrogens (tertiary/aromatic N) is 1. The van der Waals surface area contributed by atoms with Crippen LogP contribution in [0.4, 0.5) is 0 Å². The molecule has 0 rings (SSSR count). The summed E-state index contributed by atoms with van der Waals surface area (Å²) in [6, 6.07) is -0.570. The van der Waals surface area contributed by atoms with E-state index in [0.29, 0.717) is 19.4 Å². The van der Waals surface area contributed by atoms with Gasteiger partial charge >= 0.3 is 5.97 Å². The van der Waals surface area contributed by atoms with Gasteiger partial charge in [-0.15, -0.1) is 0 Å². The Morgan fingerprint density at radius 1 is 1.07 bits per heavy atom. The number of aliphatic imine (C=N–C) groups is 1. The lowest BCUT2D eigenvalue weighted by atomic mass is 10.2. The van der Waals surface area contributed by atoms with E-state index in [4.69, 9.17) is 16.6 Å². The first-order valence-electron chi connectivity index (χ1n) is 6.97. The summed E-state index contributed by atoms with van der Waals surface area (Å²) in [5.74, 6) is -1.65. The van der Waals surface area contributed by atoms with E-state index in [-0.39, 0.29) is 22.9 Å². The largest absolute Gasteiger partial charge is 0.748 e. The molecule has 0 amide bonds. The van der Waals surface area contributed by atoms with Gasteiger partial charge in [0.05, 0.1) is 20.2 Å². The maximum absolute atomic E-state index is 10.3. The predicted octanol–water partition coefficient (Wildman–Crippen LogP) is -3.63. The van der Waals surface area contributed by atoms with Crippen LogP contribution in [-0.2, 0) is 25.0 Å². The molecule has 0 aliphatic heterocycles. The van der Waals surface area contributed by atoms with Crippen LogP contribution < -0.4 is 17.2 Å². The second-order valence-electron chi connectivity index (χ2n) is 4.65. The molecular weight excluding hydrogens is 448 g/mol. The molecule has 17 heteroatoms. The number of hydrogen-bond acceptors (Lipinski definition) is 10. The van der Waals surface area contributed by atoms with Crippen LogP contribution in [0.15, 0.2) is 4.99 Å². The number of carbonyl (C=O) groups is 1. The number of rotatable bonds is 12. The van der Waals surface area contributed by atoms with Crippen molar-refractivity contribution in [1.82, 2.24) is 0 Å². The van der Waals surface area contributed by atoms with Gasteiger partial charge in [-0.1, -0.05) is 21.6 Å². The fraction of sp³-hybridized carbons (Fsp3) is 0.800. The maximum atomic E-state index is 10.3. The van der Waals surface area contributed by atoms with Gasteiger partial charge < -0.3 is 36.9 Å². The summed E-state index contributed by atoms with van der Waals surface area (Å²) in [6.45, 7) is 0.460. The van der Waals surface area contributed by atoms with Crippen molar-refractivity contribution in [3.05, 3.63) is 0 Å². The molecule has 0 aliphatic rings. The van der Waals surface area contributed by atoms with Crippen LogP contribution in [0.2, 0.25) is 0 Å². The summed E-state index contributed by atoms with van der Waals surface area (Å²) in [5.41, 5.74) is 13.6. The maximum Gasteiger partial charge on any atom is 0.362 e. The Hall–Kier alpha value is -0.820. The molecule has 0 heterocycles. The summed E-state index contributed by atoms with van der Waals surface area (Å²) in [7, 11) is -6.30. The third-order valence-electron chi connectivity index (χ3n) is 2.27. The van der Waals surface area contributed by atoms with E-state index in [2.05, 4.69) is 10.7 Å². The molecule has 0 aliphatic carbocycles. The van der Waals surface area contributed by atoms with Gasteiger partial charge in [0, 0.05) is 36.0 Å². The van der Waals surface area contributed by atoms with Crippen LogP contribution in [0.1, 0.15) is 12.8 Å². The first-order chi connectivity index (χ1) is 11.7. The Morgan fingerprint density at radius 2 is 1.48 bits per heavy atom. The Bertz CT molecular complexity index is 599. The lowest BCUT2D eigenvalue weighted by molar-refractivity contribution is -0.409. The highest BCUT2D eigenvalue weighted by atomic mass is 33.1. The molecule has 0 aromatic carbocycles. The van der Waals surface area contributed by atoms with Gasteiger partial charge in [0.1, 0.15) is 0 Å². The molecule has 0 unspecified atom stereocenters. The van der Waals surface area contributed by atoms with Crippen LogP contribution >= 0.6 is 21.6 Å². The number of hydrogen-bond donors (Lipinski definition) is 4. The van der Waals surface area contributed by atoms with Gasteiger partial charge in [-0.3, -0.25) is 4.99 Å². The topological polar surface area (TPSA) is 275 Å². The van der Waals surface area contributed by atoms with Crippen LogP contribution in [0.5, 0.6) is 0 Å². The third kappa shape index (κ3) is 30.2. The zero-order chi connectivity index (χ0) is 20.8. The van der Waals surface area contributed by atoms with Crippen molar-refractivity contribution in [2.75, 3.05) is 29.6 Å². The Kier molecular flexibility index (Phi) is 18.5. The molecule has 0 bridgehead atoms. The minimum Gasteiger partial charge on any atom is -0.748 e. The summed E-state index contributed by atoms with van der Waals surface area (Å²) >= 11 is 0. The van der Waals surface area contributed by atoms with Crippen LogP contribution in [0.3, 0.4) is 0 Å². The lowest BCUT2D eigenvalue weighted by Gasteiger charge is -2.07. The number of aliphatic carboxylic acids is 1. The van der Waals surface area contributed by atoms with Crippen LogP contribution in [-0.4, -0.2) is 84.1 Å². The van der Waals surface area contributed by atoms with Gasteiger partial charge in [-0.05, 0) is 6.42 Å². The van der Waals surface area contributed by atoms with E-state index >= 15 is 0 Å². The molecule has 164 valence electrons.